The fourth-order valence-corrected chi connectivity index (χ4v) is 3.27. The predicted molar refractivity (Wildman–Crippen MR) is 83.6 cm³/mol. The number of rotatable bonds is 4. The van der Waals surface area contributed by atoms with Gasteiger partial charge in [-0.05, 0) is 43.4 Å². The molecule has 1 aromatic carbocycles. The van der Waals surface area contributed by atoms with Crippen molar-refractivity contribution in [1.82, 2.24) is 0 Å². The quantitative estimate of drug-likeness (QED) is 0.922. The summed E-state index contributed by atoms with van der Waals surface area (Å²) in [5, 5.41) is 0. The second kappa shape index (κ2) is 6.73. The van der Waals surface area contributed by atoms with E-state index in [-0.39, 0.29) is 6.04 Å². The van der Waals surface area contributed by atoms with Crippen LogP contribution in [-0.4, -0.2) is 26.8 Å². The van der Waals surface area contributed by atoms with Crippen LogP contribution in [0.15, 0.2) is 22.7 Å². The molecule has 0 aromatic heterocycles. The summed E-state index contributed by atoms with van der Waals surface area (Å²) in [6.07, 6.45) is 2.34. The Morgan fingerprint density at radius 2 is 2.11 bits per heavy atom. The van der Waals surface area contributed by atoms with Gasteiger partial charge in [0.2, 0.25) is 0 Å². The van der Waals surface area contributed by atoms with E-state index in [4.69, 9.17) is 10.5 Å². The number of nitrogens with two attached hydrogens (primary N) is 1. The highest BCUT2D eigenvalue weighted by molar-refractivity contribution is 9.10. The Bertz CT molecular complexity index is 417. The summed E-state index contributed by atoms with van der Waals surface area (Å²) in [6, 6.07) is 6.50. The van der Waals surface area contributed by atoms with E-state index in [0.717, 1.165) is 35.7 Å². The van der Waals surface area contributed by atoms with Crippen LogP contribution in [0.1, 0.15) is 31.4 Å². The lowest BCUT2D eigenvalue weighted by Gasteiger charge is -2.28. The third kappa shape index (κ3) is 3.94. The van der Waals surface area contributed by atoms with Gasteiger partial charge in [0.05, 0.1) is 0 Å². The van der Waals surface area contributed by atoms with Gasteiger partial charge in [0.25, 0.3) is 0 Å². The summed E-state index contributed by atoms with van der Waals surface area (Å²) in [5.74, 6) is 0.741. The Morgan fingerprint density at radius 3 is 2.68 bits per heavy atom. The zero-order valence-electron chi connectivity index (χ0n) is 11.7. The van der Waals surface area contributed by atoms with Crippen LogP contribution in [-0.2, 0) is 4.74 Å². The van der Waals surface area contributed by atoms with Gasteiger partial charge >= 0.3 is 0 Å². The first-order valence-corrected chi connectivity index (χ1v) is 7.71. The maximum absolute atomic E-state index is 5.93. The fourth-order valence-electron chi connectivity index (χ4n) is 2.54. The maximum atomic E-state index is 5.93. The maximum Gasteiger partial charge on any atom is 0.0469 e. The molecule has 2 rings (SSSR count). The summed E-state index contributed by atoms with van der Waals surface area (Å²) in [6.45, 7) is 4.91. The van der Waals surface area contributed by atoms with Crippen LogP contribution in [0.25, 0.3) is 0 Å². The molecule has 0 spiro atoms. The molecule has 1 unspecified atom stereocenters. The lowest BCUT2D eigenvalue weighted by Crippen LogP contribution is -2.29. The van der Waals surface area contributed by atoms with E-state index in [9.17, 15) is 0 Å². The zero-order chi connectivity index (χ0) is 13.8. The summed E-state index contributed by atoms with van der Waals surface area (Å²) in [4.78, 5) is 2.33. The number of hydrogen-bond donors (Lipinski definition) is 1. The van der Waals surface area contributed by atoms with Crippen molar-refractivity contribution >= 4 is 21.6 Å². The fraction of sp³-hybridized carbons (Fsp3) is 0.600. The van der Waals surface area contributed by atoms with Crippen molar-refractivity contribution < 1.29 is 4.74 Å². The van der Waals surface area contributed by atoms with Gasteiger partial charge in [-0.25, -0.2) is 0 Å². The SMILES string of the molecule is CC(N)c1ccc(N(C)CC2CCOCC2)cc1Br. The highest BCUT2D eigenvalue weighted by Crippen LogP contribution is 2.28. The van der Waals surface area contributed by atoms with Gasteiger partial charge in [-0.2, -0.15) is 0 Å². The molecule has 0 bridgehead atoms. The topological polar surface area (TPSA) is 38.5 Å². The van der Waals surface area contributed by atoms with Crippen LogP contribution >= 0.6 is 15.9 Å². The van der Waals surface area contributed by atoms with E-state index in [1.165, 1.54) is 18.5 Å². The molecule has 0 saturated carbocycles. The molecule has 1 saturated heterocycles. The number of ether oxygens (including phenoxy) is 1. The third-order valence-electron chi connectivity index (χ3n) is 3.79. The Morgan fingerprint density at radius 1 is 1.42 bits per heavy atom. The Labute approximate surface area is 124 Å². The highest BCUT2D eigenvalue weighted by Gasteiger charge is 2.16. The number of anilines is 1. The molecule has 0 amide bonds. The number of halogens is 1. The minimum Gasteiger partial charge on any atom is -0.381 e. The van der Waals surface area contributed by atoms with Crippen molar-refractivity contribution in [3.05, 3.63) is 28.2 Å². The third-order valence-corrected chi connectivity index (χ3v) is 4.48. The molecule has 3 nitrogen and oxygen atoms in total. The first-order valence-electron chi connectivity index (χ1n) is 6.92. The van der Waals surface area contributed by atoms with Crippen LogP contribution in [0, 0.1) is 5.92 Å². The molecule has 19 heavy (non-hydrogen) atoms. The average Bonchev–Trinajstić information content (AvgIpc) is 2.39. The lowest BCUT2D eigenvalue weighted by atomic mass is 9.99. The first-order chi connectivity index (χ1) is 9.08. The van der Waals surface area contributed by atoms with Crippen molar-refractivity contribution in [3.8, 4) is 0 Å². The molecule has 1 aliphatic rings. The predicted octanol–water partition coefficient (Wildman–Crippen LogP) is 3.33. The van der Waals surface area contributed by atoms with Crippen molar-refractivity contribution in [2.45, 2.75) is 25.8 Å². The molecular formula is C15H23BrN2O. The van der Waals surface area contributed by atoms with Gasteiger partial charge in [0.1, 0.15) is 0 Å². The van der Waals surface area contributed by atoms with Crippen molar-refractivity contribution in [1.29, 1.82) is 0 Å². The summed E-state index contributed by atoms with van der Waals surface area (Å²) >= 11 is 3.61. The minimum absolute atomic E-state index is 0.0595. The molecule has 0 aliphatic carbocycles. The highest BCUT2D eigenvalue weighted by atomic mass is 79.9. The average molecular weight is 327 g/mol. The second-order valence-corrected chi connectivity index (χ2v) is 6.29. The van der Waals surface area contributed by atoms with Crippen LogP contribution in [0.5, 0.6) is 0 Å². The smallest absolute Gasteiger partial charge is 0.0469 e. The van der Waals surface area contributed by atoms with Crippen LogP contribution in [0.2, 0.25) is 0 Å². The van der Waals surface area contributed by atoms with E-state index >= 15 is 0 Å². The molecule has 1 aliphatic heterocycles. The van der Waals surface area contributed by atoms with E-state index in [1.807, 2.05) is 6.92 Å². The van der Waals surface area contributed by atoms with E-state index in [1.54, 1.807) is 0 Å². The van der Waals surface area contributed by atoms with Gasteiger partial charge < -0.3 is 15.4 Å². The van der Waals surface area contributed by atoms with Crippen LogP contribution in [0.3, 0.4) is 0 Å². The summed E-state index contributed by atoms with van der Waals surface area (Å²) < 4.78 is 6.50. The first kappa shape index (κ1) is 14.8. The monoisotopic (exact) mass is 326 g/mol. The molecule has 1 atom stereocenters. The Hall–Kier alpha value is -0.580. The van der Waals surface area contributed by atoms with Gasteiger partial charge in [-0.3, -0.25) is 0 Å². The number of nitrogens with zero attached hydrogens (tertiary/aromatic N) is 1. The molecule has 1 aromatic rings. The summed E-state index contributed by atoms with van der Waals surface area (Å²) in [5.41, 5.74) is 8.33. The van der Waals surface area contributed by atoms with Crippen LogP contribution < -0.4 is 10.6 Å². The Balaban J connectivity index is 2.02. The van der Waals surface area contributed by atoms with Crippen molar-refractivity contribution in [3.63, 3.8) is 0 Å². The van der Waals surface area contributed by atoms with E-state index in [0.29, 0.717) is 0 Å². The Kier molecular flexibility index (Phi) is 5.25. The normalized spacial score (nSPS) is 18.3. The number of benzene rings is 1. The second-order valence-electron chi connectivity index (χ2n) is 5.43. The largest absolute Gasteiger partial charge is 0.381 e. The number of hydrogen-bond acceptors (Lipinski definition) is 3. The van der Waals surface area contributed by atoms with E-state index < -0.39 is 0 Å². The van der Waals surface area contributed by atoms with Gasteiger partial charge in [-0.1, -0.05) is 22.0 Å². The molecule has 2 N–H and O–H groups in total. The van der Waals surface area contributed by atoms with Gasteiger partial charge in [0.15, 0.2) is 0 Å². The molecule has 1 fully saturated rings. The van der Waals surface area contributed by atoms with Crippen molar-refractivity contribution in [2.24, 2.45) is 11.7 Å². The minimum atomic E-state index is 0.0595. The lowest BCUT2D eigenvalue weighted by molar-refractivity contribution is 0.0685. The zero-order valence-corrected chi connectivity index (χ0v) is 13.3. The molecule has 0 radical (unpaired) electrons. The van der Waals surface area contributed by atoms with Crippen molar-refractivity contribution in [2.75, 3.05) is 31.7 Å². The van der Waals surface area contributed by atoms with Gasteiger partial charge in [-0.15, -0.1) is 0 Å². The summed E-state index contributed by atoms with van der Waals surface area (Å²) in [7, 11) is 2.16. The molecule has 4 heteroatoms. The standard InChI is InChI=1S/C15H23BrN2O/c1-11(17)14-4-3-13(9-15(14)16)18(2)10-12-5-7-19-8-6-12/h3-4,9,11-12H,5-8,10,17H2,1-2H3. The molecular weight excluding hydrogens is 304 g/mol. The van der Waals surface area contributed by atoms with Crippen LogP contribution in [0.4, 0.5) is 5.69 Å². The van der Waals surface area contributed by atoms with Gasteiger partial charge in [0, 0.05) is 43.0 Å². The molecule has 1 heterocycles. The molecule has 106 valence electrons. The van der Waals surface area contributed by atoms with E-state index in [2.05, 4.69) is 46.1 Å².